The zero-order valence-electron chi connectivity index (χ0n) is 12.0. The van der Waals surface area contributed by atoms with Crippen molar-refractivity contribution in [2.24, 2.45) is 7.05 Å². The summed E-state index contributed by atoms with van der Waals surface area (Å²) in [7, 11) is 1.93. The van der Waals surface area contributed by atoms with E-state index in [1.54, 1.807) is 18.0 Å². The fourth-order valence-corrected chi connectivity index (χ4v) is 3.75. The molecule has 114 valence electrons. The lowest BCUT2D eigenvalue weighted by atomic mass is 10.2. The summed E-state index contributed by atoms with van der Waals surface area (Å²) in [5, 5.41) is 10.6. The summed E-state index contributed by atoms with van der Waals surface area (Å²) in [6.45, 7) is 1.90. The summed E-state index contributed by atoms with van der Waals surface area (Å²) < 4.78 is 7.26. The van der Waals surface area contributed by atoms with Crippen molar-refractivity contribution >= 4 is 35.0 Å². The zero-order valence-corrected chi connectivity index (χ0v) is 14.3. The van der Waals surface area contributed by atoms with E-state index in [2.05, 4.69) is 10.2 Å². The largest absolute Gasteiger partial charge is 0.469 e. The average molecular weight is 354 g/mol. The molecule has 0 unspecified atom stereocenters. The normalized spacial score (nSPS) is 11.1. The van der Waals surface area contributed by atoms with Crippen molar-refractivity contribution in [2.75, 3.05) is 0 Å². The van der Waals surface area contributed by atoms with Gasteiger partial charge in [0.25, 0.3) is 0 Å². The maximum Gasteiger partial charge on any atom is 0.191 e. The molecule has 22 heavy (non-hydrogen) atoms. The molecule has 2 aromatic heterocycles. The van der Waals surface area contributed by atoms with Gasteiger partial charge in [-0.3, -0.25) is 0 Å². The molecule has 1 aromatic carbocycles. The maximum absolute atomic E-state index is 6.19. The van der Waals surface area contributed by atoms with Gasteiger partial charge in [-0.2, -0.15) is 0 Å². The van der Waals surface area contributed by atoms with Crippen molar-refractivity contribution in [2.45, 2.75) is 17.8 Å². The number of aryl methyl sites for hydroxylation is 1. The van der Waals surface area contributed by atoms with E-state index in [-0.39, 0.29) is 0 Å². The SMILES string of the molecule is Cc1occc1-c1nnc(SCc2c(Cl)cccc2Cl)n1C. The molecule has 0 bridgehead atoms. The van der Waals surface area contributed by atoms with Crippen LogP contribution in [-0.2, 0) is 12.8 Å². The number of hydrogen-bond acceptors (Lipinski definition) is 4. The molecule has 3 aromatic rings. The van der Waals surface area contributed by atoms with Gasteiger partial charge in [-0.15, -0.1) is 10.2 Å². The Bertz CT molecular complexity index is 793. The van der Waals surface area contributed by atoms with Crippen LogP contribution in [0.25, 0.3) is 11.4 Å². The Morgan fingerprint density at radius 3 is 2.55 bits per heavy atom. The Labute approximate surface area is 142 Å². The van der Waals surface area contributed by atoms with E-state index in [1.165, 1.54) is 0 Å². The molecule has 7 heteroatoms. The molecule has 0 fully saturated rings. The Balaban J connectivity index is 1.83. The second-order valence-electron chi connectivity index (χ2n) is 4.74. The molecule has 0 radical (unpaired) electrons. The highest BCUT2D eigenvalue weighted by Crippen LogP contribution is 2.32. The van der Waals surface area contributed by atoms with Gasteiger partial charge in [0.05, 0.1) is 11.8 Å². The van der Waals surface area contributed by atoms with Gasteiger partial charge in [0.15, 0.2) is 11.0 Å². The fraction of sp³-hybridized carbons (Fsp3) is 0.200. The van der Waals surface area contributed by atoms with E-state index in [1.807, 2.05) is 42.8 Å². The molecule has 0 aliphatic carbocycles. The van der Waals surface area contributed by atoms with Gasteiger partial charge in [-0.1, -0.05) is 41.0 Å². The number of furan rings is 1. The topological polar surface area (TPSA) is 43.9 Å². The molecule has 0 saturated carbocycles. The van der Waals surface area contributed by atoms with Crippen LogP contribution in [-0.4, -0.2) is 14.8 Å². The Kier molecular flexibility index (Phi) is 4.47. The number of benzene rings is 1. The number of rotatable bonds is 4. The second kappa shape index (κ2) is 6.36. The van der Waals surface area contributed by atoms with Crippen LogP contribution >= 0.6 is 35.0 Å². The molecule has 0 N–H and O–H groups in total. The lowest BCUT2D eigenvalue weighted by Gasteiger charge is -2.06. The first-order chi connectivity index (χ1) is 10.6. The summed E-state index contributed by atoms with van der Waals surface area (Å²) in [4.78, 5) is 0. The number of halogens is 2. The minimum absolute atomic E-state index is 0.634. The van der Waals surface area contributed by atoms with Crippen LogP contribution in [0.4, 0.5) is 0 Å². The molecule has 0 aliphatic rings. The van der Waals surface area contributed by atoms with Gasteiger partial charge < -0.3 is 8.98 Å². The predicted octanol–water partition coefficient (Wildman–Crippen LogP) is 4.98. The van der Waals surface area contributed by atoms with Crippen molar-refractivity contribution in [1.29, 1.82) is 0 Å². The summed E-state index contributed by atoms with van der Waals surface area (Å²) in [5.41, 5.74) is 1.84. The minimum Gasteiger partial charge on any atom is -0.469 e. The van der Waals surface area contributed by atoms with Crippen molar-refractivity contribution in [1.82, 2.24) is 14.8 Å². The molecule has 0 amide bonds. The number of thioether (sulfide) groups is 1. The van der Waals surface area contributed by atoms with Crippen LogP contribution < -0.4 is 0 Å². The highest BCUT2D eigenvalue weighted by Gasteiger charge is 2.15. The number of hydrogen-bond donors (Lipinski definition) is 0. The molecular formula is C15H13Cl2N3OS. The molecule has 4 nitrogen and oxygen atoms in total. The zero-order chi connectivity index (χ0) is 15.7. The van der Waals surface area contributed by atoms with Crippen molar-refractivity contribution < 1.29 is 4.42 Å². The third kappa shape index (κ3) is 2.89. The summed E-state index contributed by atoms with van der Waals surface area (Å²) >= 11 is 13.9. The van der Waals surface area contributed by atoms with Gasteiger partial charge in [0, 0.05) is 22.8 Å². The van der Waals surface area contributed by atoms with Gasteiger partial charge in [0.2, 0.25) is 0 Å². The van der Waals surface area contributed by atoms with Gasteiger partial charge in [-0.05, 0) is 30.7 Å². The monoisotopic (exact) mass is 353 g/mol. The number of nitrogens with zero attached hydrogens (tertiary/aromatic N) is 3. The third-order valence-electron chi connectivity index (χ3n) is 3.34. The second-order valence-corrected chi connectivity index (χ2v) is 6.50. The molecule has 3 rings (SSSR count). The summed E-state index contributed by atoms with van der Waals surface area (Å²) in [6.07, 6.45) is 1.65. The van der Waals surface area contributed by atoms with Crippen LogP contribution in [0.2, 0.25) is 10.0 Å². The minimum atomic E-state index is 0.634. The average Bonchev–Trinajstić information content (AvgIpc) is 3.05. The number of aromatic nitrogens is 3. The van der Waals surface area contributed by atoms with E-state index in [0.717, 1.165) is 27.9 Å². The van der Waals surface area contributed by atoms with Crippen LogP contribution in [0.3, 0.4) is 0 Å². The molecular weight excluding hydrogens is 341 g/mol. The highest BCUT2D eigenvalue weighted by molar-refractivity contribution is 7.98. The summed E-state index contributed by atoms with van der Waals surface area (Å²) in [6, 6.07) is 7.39. The van der Waals surface area contributed by atoms with Gasteiger partial charge in [0.1, 0.15) is 5.76 Å². The smallest absolute Gasteiger partial charge is 0.191 e. The first-order valence-corrected chi connectivity index (χ1v) is 8.31. The first-order valence-electron chi connectivity index (χ1n) is 6.57. The van der Waals surface area contributed by atoms with Crippen LogP contribution in [0, 0.1) is 6.92 Å². The molecule has 0 atom stereocenters. The fourth-order valence-electron chi connectivity index (χ4n) is 2.10. The third-order valence-corrected chi connectivity index (χ3v) is 5.10. The lowest BCUT2D eigenvalue weighted by Crippen LogP contribution is -1.95. The van der Waals surface area contributed by atoms with Crippen LogP contribution in [0.5, 0.6) is 0 Å². The van der Waals surface area contributed by atoms with Crippen molar-refractivity contribution in [3.05, 3.63) is 51.9 Å². The standard InChI is InChI=1S/C15H13Cl2N3OS/c1-9-10(6-7-21-9)14-18-19-15(20(14)2)22-8-11-12(16)4-3-5-13(11)17/h3-7H,8H2,1-2H3. The van der Waals surface area contributed by atoms with E-state index in [4.69, 9.17) is 27.6 Å². The Morgan fingerprint density at radius 1 is 1.18 bits per heavy atom. The summed E-state index contributed by atoms with van der Waals surface area (Å²) in [5.74, 6) is 2.23. The molecule has 2 heterocycles. The molecule has 0 spiro atoms. The molecule has 0 aliphatic heterocycles. The van der Waals surface area contributed by atoms with E-state index >= 15 is 0 Å². The van der Waals surface area contributed by atoms with Gasteiger partial charge in [-0.25, -0.2) is 0 Å². The quantitative estimate of drug-likeness (QED) is 0.620. The molecule has 0 saturated heterocycles. The lowest BCUT2D eigenvalue weighted by molar-refractivity contribution is 0.534. The van der Waals surface area contributed by atoms with Gasteiger partial charge >= 0.3 is 0 Å². The van der Waals surface area contributed by atoms with Crippen molar-refractivity contribution in [3.8, 4) is 11.4 Å². The predicted molar refractivity (Wildman–Crippen MR) is 89.5 cm³/mol. The Hall–Kier alpha value is -1.43. The highest BCUT2D eigenvalue weighted by atomic mass is 35.5. The van der Waals surface area contributed by atoms with Crippen LogP contribution in [0.15, 0.2) is 40.1 Å². The van der Waals surface area contributed by atoms with Crippen molar-refractivity contribution in [3.63, 3.8) is 0 Å². The van der Waals surface area contributed by atoms with E-state index < -0.39 is 0 Å². The van der Waals surface area contributed by atoms with E-state index in [0.29, 0.717) is 15.8 Å². The first kappa shape index (κ1) is 15.5. The maximum atomic E-state index is 6.19. The van der Waals surface area contributed by atoms with E-state index in [9.17, 15) is 0 Å². The Morgan fingerprint density at radius 2 is 1.91 bits per heavy atom. The van der Waals surface area contributed by atoms with Crippen LogP contribution in [0.1, 0.15) is 11.3 Å².